The quantitative estimate of drug-likeness (QED) is 0.370. The van der Waals surface area contributed by atoms with Gasteiger partial charge in [-0.3, -0.25) is 10.4 Å². The monoisotopic (exact) mass is 248 g/mol. The first-order valence-corrected chi connectivity index (χ1v) is 6.30. The van der Waals surface area contributed by atoms with Gasteiger partial charge in [-0.2, -0.15) is 0 Å². The number of hydrazine groups is 1. The lowest BCUT2D eigenvalue weighted by molar-refractivity contribution is 0.474. The maximum absolute atomic E-state index is 5.52. The van der Waals surface area contributed by atoms with Gasteiger partial charge in [0.2, 0.25) is 5.96 Å². The van der Waals surface area contributed by atoms with Crippen molar-refractivity contribution in [2.45, 2.75) is 27.3 Å². The third kappa shape index (κ3) is 4.75. The van der Waals surface area contributed by atoms with Crippen LogP contribution in [0.5, 0.6) is 0 Å². The summed E-state index contributed by atoms with van der Waals surface area (Å²) >= 11 is 0. The Morgan fingerprint density at radius 2 is 1.94 bits per heavy atom. The molecular weight excluding hydrogens is 224 g/mol. The van der Waals surface area contributed by atoms with Crippen LogP contribution in [0.3, 0.4) is 0 Å². The zero-order valence-corrected chi connectivity index (χ0v) is 11.8. The van der Waals surface area contributed by atoms with Crippen LogP contribution >= 0.6 is 0 Å². The molecule has 0 fully saturated rings. The van der Waals surface area contributed by atoms with Gasteiger partial charge in [-0.05, 0) is 18.4 Å². The van der Waals surface area contributed by atoms with Crippen LogP contribution in [0.1, 0.15) is 25.0 Å². The van der Waals surface area contributed by atoms with Crippen molar-refractivity contribution < 1.29 is 0 Å². The average molecular weight is 248 g/mol. The molecule has 0 aromatic heterocycles. The SMILES string of the molecule is Cc1ccc(CN(C)C(=NCC(C)C)NN)cc1. The first-order valence-electron chi connectivity index (χ1n) is 6.30. The molecule has 1 rings (SSSR count). The van der Waals surface area contributed by atoms with E-state index >= 15 is 0 Å². The van der Waals surface area contributed by atoms with Crippen LogP contribution in [0.4, 0.5) is 0 Å². The second kappa shape index (κ2) is 7.01. The van der Waals surface area contributed by atoms with Gasteiger partial charge in [-0.1, -0.05) is 43.7 Å². The Bertz CT molecular complexity index is 381. The van der Waals surface area contributed by atoms with Crippen molar-refractivity contribution in [2.75, 3.05) is 13.6 Å². The molecule has 1 aromatic carbocycles. The molecule has 0 heterocycles. The topological polar surface area (TPSA) is 53.6 Å². The number of hydrogen-bond acceptors (Lipinski definition) is 2. The largest absolute Gasteiger partial charge is 0.341 e. The number of aliphatic imine (C=N–C) groups is 1. The summed E-state index contributed by atoms with van der Waals surface area (Å²) in [4.78, 5) is 6.48. The summed E-state index contributed by atoms with van der Waals surface area (Å²) in [5.41, 5.74) is 5.18. The number of nitrogens with zero attached hydrogens (tertiary/aromatic N) is 2. The second-order valence-electron chi connectivity index (χ2n) is 5.04. The Labute approximate surface area is 110 Å². The van der Waals surface area contributed by atoms with Crippen molar-refractivity contribution >= 4 is 5.96 Å². The van der Waals surface area contributed by atoms with E-state index in [1.54, 1.807) is 0 Å². The predicted octanol–water partition coefficient (Wildman–Crippen LogP) is 1.90. The number of nitrogens with one attached hydrogen (secondary N) is 1. The molecule has 4 nitrogen and oxygen atoms in total. The molecule has 0 atom stereocenters. The molecule has 0 bridgehead atoms. The molecule has 0 aliphatic rings. The lowest BCUT2D eigenvalue weighted by atomic mass is 10.1. The minimum absolute atomic E-state index is 0.529. The molecule has 0 spiro atoms. The highest BCUT2D eigenvalue weighted by Crippen LogP contribution is 2.06. The normalized spacial score (nSPS) is 11.8. The van der Waals surface area contributed by atoms with Crippen LogP contribution < -0.4 is 11.3 Å². The van der Waals surface area contributed by atoms with Gasteiger partial charge in [0.25, 0.3) is 0 Å². The molecule has 3 N–H and O–H groups in total. The van der Waals surface area contributed by atoms with E-state index < -0.39 is 0 Å². The van der Waals surface area contributed by atoms with E-state index in [2.05, 4.69) is 55.5 Å². The molecule has 18 heavy (non-hydrogen) atoms. The summed E-state index contributed by atoms with van der Waals surface area (Å²) in [7, 11) is 1.98. The minimum atomic E-state index is 0.529. The Kier molecular flexibility index (Phi) is 5.65. The molecule has 100 valence electrons. The lowest BCUT2D eigenvalue weighted by Crippen LogP contribution is -2.42. The summed E-state index contributed by atoms with van der Waals surface area (Å²) < 4.78 is 0. The number of benzene rings is 1. The first kappa shape index (κ1) is 14.5. The van der Waals surface area contributed by atoms with E-state index in [0.29, 0.717) is 5.92 Å². The van der Waals surface area contributed by atoms with E-state index in [0.717, 1.165) is 19.0 Å². The number of guanidine groups is 1. The van der Waals surface area contributed by atoms with Crippen molar-refractivity contribution in [3.63, 3.8) is 0 Å². The first-order chi connectivity index (χ1) is 8.52. The number of hydrogen-bond donors (Lipinski definition) is 2. The van der Waals surface area contributed by atoms with Gasteiger partial charge in [0, 0.05) is 20.1 Å². The van der Waals surface area contributed by atoms with E-state index in [4.69, 9.17) is 5.84 Å². The van der Waals surface area contributed by atoms with Gasteiger partial charge in [-0.15, -0.1) is 0 Å². The van der Waals surface area contributed by atoms with Gasteiger partial charge >= 0.3 is 0 Å². The highest BCUT2D eigenvalue weighted by atomic mass is 15.4. The van der Waals surface area contributed by atoms with Crippen LogP contribution in [0.2, 0.25) is 0 Å². The van der Waals surface area contributed by atoms with Gasteiger partial charge in [0.1, 0.15) is 0 Å². The third-order valence-corrected chi connectivity index (χ3v) is 2.64. The molecule has 0 saturated heterocycles. The van der Waals surface area contributed by atoms with Crippen molar-refractivity contribution in [3.05, 3.63) is 35.4 Å². The Morgan fingerprint density at radius 1 is 1.33 bits per heavy atom. The molecule has 0 aliphatic heterocycles. The van der Waals surface area contributed by atoms with Gasteiger partial charge in [0.15, 0.2) is 0 Å². The molecule has 0 aliphatic carbocycles. The number of aryl methyl sites for hydroxylation is 1. The van der Waals surface area contributed by atoms with Crippen LogP contribution in [0.25, 0.3) is 0 Å². The van der Waals surface area contributed by atoms with Gasteiger partial charge in [0.05, 0.1) is 0 Å². The predicted molar refractivity (Wildman–Crippen MR) is 77.1 cm³/mol. The smallest absolute Gasteiger partial charge is 0.208 e. The Morgan fingerprint density at radius 3 is 2.44 bits per heavy atom. The fourth-order valence-electron chi connectivity index (χ4n) is 1.59. The maximum Gasteiger partial charge on any atom is 0.208 e. The molecule has 4 heteroatoms. The summed E-state index contributed by atoms with van der Waals surface area (Å²) in [6.07, 6.45) is 0. The van der Waals surface area contributed by atoms with Gasteiger partial charge < -0.3 is 4.90 Å². The molecule has 0 amide bonds. The fourth-order valence-corrected chi connectivity index (χ4v) is 1.59. The van der Waals surface area contributed by atoms with Crippen LogP contribution in [0, 0.1) is 12.8 Å². The summed E-state index contributed by atoms with van der Waals surface area (Å²) in [5, 5.41) is 0. The van der Waals surface area contributed by atoms with E-state index in [1.165, 1.54) is 11.1 Å². The summed E-state index contributed by atoms with van der Waals surface area (Å²) in [6, 6.07) is 8.48. The minimum Gasteiger partial charge on any atom is -0.341 e. The number of rotatable bonds is 4. The lowest BCUT2D eigenvalue weighted by Gasteiger charge is -2.21. The molecule has 0 saturated carbocycles. The average Bonchev–Trinajstić information content (AvgIpc) is 2.32. The second-order valence-corrected chi connectivity index (χ2v) is 5.04. The van der Waals surface area contributed by atoms with Crippen molar-refractivity contribution in [1.29, 1.82) is 0 Å². The van der Waals surface area contributed by atoms with Crippen molar-refractivity contribution in [3.8, 4) is 0 Å². The standard InChI is InChI=1S/C14H24N4/c1-11(2)9-16-14(17-15)18(4)10-13-7-5-12(3)6-8-13/h5-8,11H,9-10,15H2,1-4H3,(H,16,17). The van der Waals surface area contributed by atoms with Crippen LogP contribution in [-0.2, 0) is 6.54 Å². The van der Waals surface area contributed by atoms with E-state index in [-0.39, 0.29) is 0 Å². The zero-order valence-electron chi connectivity index (χ0n) is 11.8. The number of nitrogens with two attached hydrogens (primary N) is 1. The van der Waals surface area contributed by atoms with Crippen LogP contribution in [0.15, 0.2) is 29.3 Å². The van der Waals surface area contributed by atoms with Crippen molar-refractivity contribution in [1.82, 2.24) is 10.3 Å². The highest BCUT2D eigenvalue weighted by Gasteiger charge is 2.05. The maximum atomic E-state index is 5.52. The zero-order chi connectivity index (χ0) is 13.5. The Hall–Kier alpha value is -1.55. The molecular formula is C14H24N4. The molecule has 0 unspecified atom stereocenters. The molecule has 0 radical (unpaired) electrons. The van der Waals surface area contributed by atoms with Crippen molar-refractivity contribution in [2.24, 2.45) is 16.8 Å². The third-order valence-electron chi connectivity index (χ3n) is 2.64. The fraction of sp³-hybridized carbons (Fsp3) is 0.500. The summed E-state index contributed by atoms with van der Waals surface area (Å²) in [6.45, 7) is 7.93. The Balaban J connectivity index is 2.64. The molecule has 1 aromatic rings. The van der Waals surface area contributed by atoms with E-state index in [1.807, 2.05) is 11.9 Å². The highest BCUT2D eigenvalue weighted by molar-refractivity contribution is 5.79. The van der Waals surface area contributed by atoms with E-state index in [9.17, 15) is 0 Å². The summed E-state index contributed by atoms with van der Waals surface area (Å²) in [5.74, 6) is 6.77. The van der Waals surface area contributed by atoms with Gasteiger partial charge in [-0.25, -0.2) is 5.84 Å². The van der Waals surface area contributed by atoms with Crippen LogP contribution in [-0.4, -0.2) is 24.5 Å².